The summed E-state index contributed by atoms with van der Waals surface area (Å²) < 4.78 is 5.31. The number of hydrogen-bond donors (Lipinski definition) is 2. The maximum Gasteiger partial charge on any atom is 0.412 e. The normalized spacial score (nSPS) is 16.7. The quantitative estimate of drug-likeness (QED) is 0.851. The zero-order chi connectivity index (χ0) is 18.1. The molecule has 0 unspecified atom stereocenters. The summed E-state index contributed by atoms with van der Waals surface area (Å²) in [4.78, 5) is 24.0. The molecule has 1 aliphatic carbocycles. The minimum Gasteiger partial charge on any atom is -0.481 e. The number of aryl methyl sites for hydroxylation is 1. The summed E-state index contributed by atoms with van der Waals surface area (Å²) in [5.41, 5.74) is 1.84. The van der Waals surface area contributed by atoms with Gasteiger partial charge < -0.3 is 9.84 Å². The van der Waals surface area contributed by atoms with Crippen LogP contribution in [0.25, 0.3) is 0 Å². The average molecular weight is 333 g/mol. The van der Waals surface area contributed by atoms with Gasteiger partial charge in [-0.25, -0.2) is 4.79 Å². The van der Waals surface area contributed by atoms with Crippen LogP contribution in [0.1, 0.15) is 63.1 Å². The highest BCUT2D eigenvalue weighted by Gasteiger charge is 2.43. The zero-order valence-electron chi connectivity index (χ0n) is 15.2. The number of amides is 1. The Labute approximate surface area is 143 Å². The number of carbonyl (C=O) groups excluding carboxylic acids is 1. The molecule has 2 N–H and O–H groups in total. The Morgan fingerprint density at radius 3 is 2.25 bits per heavy atom. The van der Waals surface area contributed by atoms with Crippen molar-refractivity contribution in [2.75, 3.05) is 5.32 Å². The minimum absolute atomic E-state index is 0.530. The third-order valence-corrected chi connectivity index (χ3v) is 4.72. The first kappa shape index (κ1) is 18.3. The highest BCUT2D eigenvalue weighted by atomic mass is 16.6. The van der Waals surface area contributed by atoms with Gasteiger partial charge in [0.15, 0.2) is 0 Å². The van der Waals surface area contributed by atoms with E-state index >= 15 is 0 Å². The van der Waals surface area contributed by atoms with Gasteiger partial charge >= 0.3 is 12.1 Å². The zero-order valence-corrected chi connectivity index (χ0v) is 15.2. The van der Waals surface area contributed by atoms with Crippen LogP contribution in [0.4, 0.5) is 10.5 Å². The van der Waals surface area contributed by atoms with E-state index in [0.29, 0.717) is 18.5 Å². The molecule has 0 spiro atoms. The molecule has 0 atom stereocenters. The van der Waals surface area contributed by atoms with Gasteiger partial charge in [-0.05, 0) is 70.2 Å². The van der Waals surface area contributed by atoms with Crippen LogP contribution in [0.2, 0.25) is 0 Å². The van der Waals surface area contributed by atoms with E-state index in [1.165, 1.54) is 0 Å². The van der Waals surface area contributed by atoms with Crippen molar-refractivity contribution in [1.82, 2.24) is 0 Å². The summed E-state index contributed by atoms with van der Waals surface area (Å²) in [6.45, 7) is 9.26. The molecule has 1 fully saturated rings. The second-order valence-electron chi connectivity index (χ2n) is 7.69. The van der Waals surface area contributed by atoms with E-state index < -0.39 is 23.1 Å². The van der Waals surface area contributed by atoms with Gasteiger partial charge in [-0.15, -0.1) is 0 Å². The van der Waals surface area contributed by atoms with Gasteiger partial charge in [0.2, 0.25) is 0 Å². The van der Waals surface area contributed by atoms with Crippen molar-refractivity contribution in [3.8, 4) is 0 Å². The summed E-state index contributed by atoms with van der Waals surface area (Å²) >= 11 is 0. The monoisotopic (exact) mass is 333 g/mol. The van der Waals surface area contributed by atoms with E-state index in [2.05, 4.69) is 5.32 Å². The van der Waals surface area contributed by atoms with Gasteiger partial charge in [-0.3, -0.25) is 10.1 Å². The standard InChI is InChI=1S/C19H27NO4/c1-12-10-14(19(16(21)22)8-6-7-9-19)11-15(13(12)2)20-17(23)24-18(3,4)5/h10-11H,6-9H2,1-5H3,(H,20,23)(H,21,22). The first-order chi connectivity index (χ1) is 11.0. The maximum atomic E-state index is 12.1. The van der Waals surface area contributed by atoms with Gasteiger partial charge in [0.05, 0.1) is 5.41 Å². The van der Waals surface area contributed by atoms with Crippen LogP contribution in [0.5, 0.6) is 0 Å². The predicted octanol–water partition coefficient (Wildman–Crippen LogP) is 4.55. The molecule has 5 heteroatoms. The summed E-state index contributed by atoms with van der Waals surface area (Å²) in [6, 6.07) is 3.74. The molecule has 1 amide bonds. The number of rotatable bonds is 3. The van der Waals surface area contributed by atoms with Crippen LogP contribution in [0, 0.1) is 13.8 Å². The molecule has 0 aromatic heterocycles. The summed E-state index contributed by atoms with van der Waals surface area (Å²) in [5, 5.41) is 12.6. The lowest BCUT2D eigenvalue weighted by molar-refractivity contribution is -0.143. The third kappa shape index (κ3) is 3.71. The second kappa shape index (κ2) is 6.46. The molecular formula is C19H27NO4. The molecule has 0 heterocycles. The topological polar surface area (TPSA) is 75.6 Å². The molecule has 0 radical (unpaired) electrons. The molecule has 24 heavy (non-hydrogen) atoms. The third-order valence-electron chi connectivity index (χ3n) is 4.72. The van der Waals surface area contributed by atoms with E-state index in [9.17, 15) is 14.7 Å². The van der Waals surface area contributed by atoms with E-state index in [4.69, 9.17) is 4.74 Å². The number of carbonyl (C=O) groups is 2. The molecule has 1 aromatic rings. The maximum absolute atomic E-state index is 12.1. The smallest absolute Gasteiger partial charge is 0.412 e. The SMILES string of the molecule is Cc1cc(C2(C(=O)O)CCCC2)cc(NC(=O)OC(C)(C)C)c1C. The first-order valence-electron chi connectivity index (χ1n) is 8.40. The number of aliphatic carboxylic acids is 1. The lowest BCUT2D eigenvalue weighted by Crippen LogP contribution is -2.33. The molecule has 1 aromatic carbocycles. The van der Waals surface area contributed by atoms with Gasteiger partial charge in [-0.2, -0.15) is 0 Å². The fourth-order valence-electron chi connectivity index (χ4n) is 3.28. The molecular weight excluding hydrogens is 306 g/mol. The van der Waals surface area contributed by atoms with Crippen LogP contribution in [-0.2, 0) is 14.9 Å². The molecule has 5 nitrogen and oxygen atoms in total. The highest BCUT2D eigenvalue weighted by Crippen LogP contribution is 2.43. The number of anilines is 1. The van der Waals surface area contributed by atoms with Crippen molar-refractivity contribution in [2.24, 2.45) is 0 Å². The fraction of sp³-hybridized carbons (Fsp3) is 0.579. The Balaban J connectivity index is 2.38. The molecule has 0 saturated heterocycles. The van der Waals surface area contributed by atoms with Crippen LogP contribution in [0.15, 0.2) is 12.1 Å². The molecule has 1 aliphatic rings. The highest BCUT2D eigenvalue weighted by molar-refractivity contribution is 5.88. The van der Waals surface area contributed by atoms with Gasteiger partial charge in [0.1, 0.15) is 5.60 Å². The largest absolute Gasteiger partial charge is 0.481 e. The number of benzene rings is 1. The van der Waals surface area contributed by atoms with Crippen molar-refractivity contribution in [3.63, 3.8) is 0 Å². The molecule has 1 saturated carbocycles. The van der Waals surface area contributed by atoms with E-state index in [1.807, 2.05) is 19.9 Å². The second-order valence-corrected chi connectivity index (χ2v) is 7.69. The molecule has 0 bridgehead atoms. The number of nitrogens with one attached hydrogen (secondary N) is 1. The number of carboxylic acid groups (broad SMARTS) is 1. The predicted molar refractivity (Wildman–Crippen MR) is 93.6 cm³/mol. The number of carboxylic acids is 1. The summed E-state index contributed by atoms with van der Waals surface area (Å²) in [5.74, 6) is -0.786. The molecule has 2 rings (SSSR count). The van der Waals surface area contributed by atoms with E-state index in [0.717, 1.165) is 29.5 Å². The Hall–Kier alpha value is -2.04. The van der Waals surface area contributed by atoms with Gasteiger partial charge in [-0.1, -0.05) is 18.9 Å². The van der Waals surface area contributed by atoms with Crippen LogP contribution < -0.4 is 5.32 Å². The van der Waals surface area contributed by atoms with Crippen LogP contribution >= 0.6 is 0 Å². The average Bonchev–Trinajstić information content (AvgIpc) is 2.92. The van der Waals surface area contributed by atoms with Crippen molar-refractivity contribution in [1.29, 1.82) is 0 Å². The fourth-order valence-corrected chi connectivity index (χ4v) is 3.28. The minimum atomic E-state index is -0.844. The van der Waals surface area contributed by atoms with Crippen molar-refractivity contribution in [3.05, 3.63) is 28.8 Å². The van der Waals surface area contributed by atoms with Crippen molar-refractivity contribution in [2.45, 2.75) is 71.3 Å². The van der Waals surface area contributed by atoms with Crippen LogP contribution in [-0.4, -0.2) is 22.8 Å². The van der Waals surface area contributed by atoms with Crippen molar-refractivity contribution < 1.29 is 19.4 Å². The molecule has 0 aliphatic heterocycles. The Morgan fingerprint density at radius 2 is 1.75 bits per heavy atom. The van der Waals surface area contributed by atoms with E-state index in [1.54, 1.807) is 26.8 Å². The van der Waals surface area contributed by atoms with E-state index in [-0.39, 0.29) is 0 Å². The summed E-state index contributed by atoms with van der Waals surface area (Å²) in [7, 11) is 0. The Kier molecular flexibility index (Phi) is 4.92. The first-order valence-corrected chi connectivity index (χ1v) is 8.40. The Bertz CT molecular complexity index is 652. The molecule has 132 valence electrons. The van der Waals surface area contributed by atoms with Crippen molar-refractivity contribution >= 4 is 17.7 Å². The van der Waals surface area contributed by atoms with Gasteiger partial charge in [0.25, 0.3) is 0 Å². The van der Waals surface area contributed by atoms with Gasteiger partial charge in [0, 0.05) is 5.69 Å². The van der Waals surface area contributed by atoms with Crippen LogP contribution in [0.3, 0.4) is 0 Å². The Morgan fingerprint density at radius 1 is 1.17 bits per heavy atom. The lowest BCUT2D eigenvalue weighted by Gasteiger charge is -2.27. The lowest BCUT2D eigenvalue weighted by atomic mass is 9.77. The summed E-state index contributed by atoms with van der Waals surface area (Å²) in [6.07, 6.45) is 2.56. The number of hydrogen-bond acceptors (Lipinski definition) is 3. The number of ether oxygens (including phenoxy) is 1.